The van der Waals surface area contributed by atoms with Crippen molar-refractivity contribution in [1.82, 2.24) is 10.2 Å². The van der Waals surface area contributed by atoms with Gasteiger partial charge in [0, 0.05) is 12.6 Å². The predicted molar refractivity (Wildman–Crippen MR) is 75.3 cm³/mol. The largest absolute Gasteiger partial charge is 0.493 e. The van der Waals surface area contributed by atoms with E-state index >= 15 is 0 Å². The molecule has 0 saturated carbocycles. The summed E-state index contributed by atoms with van der Waals surface area (Å²) >= 11 is 0. The van der Waals surface area contributed by atoms with Crippen molar-refractivity contribution in [3.63, 3.8) is 0 Å². The molecule has 1 heterocycles. The highest BCUT2D eigenvalue weighted by molar-refractivity contribution is 5.37. The van der Waals surface area contributed by atoms with E-state index in [1.54, 1.807) is 0 Å². The number of hydrogen-bond donors (Lipinski definition) is 1. The summed E-state index contributed by atoms with van der Waals surface area (Å²) in [4.78, 5) is 2.24. The van der Waals surface area contributed by atoms with Crippen LogP contribution in [0.25, 0.3) is 0 Å². The van der Waals surface area contributed by atoms with Crippen molar-refractivity contribution < 1.29 is 4.74 Å². The monoisotopic (exact) mass is 248 g/mol. The molecule has 0 spiro atoms. The van der Waals surface area contributed by atoms with Gasteiger partial charge in [-0.1, -0.05) is 18.2 Å². The lowest BCUT2D eigenvalue weighted by atomic mass is 9.87. The standard InChI is InChI=1S/C15H24N2O/c1-16-13(11-17(2)3)10-12-8-9-18-15-7-5-4-6-14(12)15/h4-7,12-13,16H,8-11H2,1-3H3. The third-order valence-corrected chi connectivity index (χ3v) is 3.65. The number of para-hydroxylation sites is 1. The Hall–Kier alpha value is -1.06. The average molecular weight is 248 g/mol. The van der Waals surface area contributed by atoms with Crippen LogP contribution in [0.1, 0.15) is 24.3 Å². The van der Waals surface area contributed by atoms with E-state index in [0.717, 1.165) is 25.3 Å². The number of hydrogen-bond acceptors (Lipinski definition) is 3. The van der Waals surface area contributed by atoms with Gasteiger partial charge in [-0.25, -0.2) is 0 Å². The Morgan fingerprint density at radius 3 is 2.89 bits per heavy atom. The third kappa shape index (κ3) is 3.24. The number of ether oxygens (including phenoxy) is 1. The molecular formula is C15H24N2O. The molecule has 2 unspecified atom stereocenters. The van der Waals surface area contributed by atoms with Crippen molar-refractivity contribution in [3.8, 4) is 5.75 Å². The number of nitrogens with one attached hydrogen (secondary N) is 1. The molecule has 0 aliphatic carbocycles. The fourth-order valence-corrected chi connectivity index (χ4v) is 2.73. The summed E-state index contributed by atoms with van der Waals surface area (Å²) in [7, 11) is 6.31. The highest BCUT2D eigenvalue weighted by atomic mass is 16.5. The van der Waals surface area contributed by atoms with Gasteiger partial charge in [-0.3, -0.25) is 0 Å². The van der Waals surface area contributed by atoms with E-state index in [1.165, 1.54) is 12.0 Å². The van der Waals surface area contributed by atoms with Gasteiger partial charge in [-0.05, 0) is 51.5 Å². The van der Waals surface area contributed by atoms with Gasteiger partial charge in [0.1, 0.15) is 5.75 Å². The summed E-state index contributed by atoms with van der Waals surface area (Å²) in [5, 5.41) is 3.43. The SMILES string of the molecule is CNC(CC1CCOc2ccccc21)CN(C)C. The molecule has 3 nitrogen and oxygen atoms in total. The quantitative estimate of drug-likeness (QED) is 0.863. The van der Waals surface area contributed by atoms with Gasteiger partial charge >= 0.3 is 0 Å². The van der Waals surface area contributed by atoms with Crippen molar-refractivity contribution in [2.24, 2.45) is 0 Å². The second-order valence-electron chi connectivity index (χ2n) is 5.36. The van der Waals surface area contributed by atoms with Gasteiger partial charge in [0.05, 0.1) is 6.61 Å². The molecular weight excluding hydrogens is 224 g/mol. The molecule has 2 rings (SSSR count). The fourth-order valence-electron chi connectivity index (χ4n) is 2.73. The summed E-state index contributed by atoms with van der Waals surface area (Å²) in [6.45, 7) is 1.93. The van der Waals surface area contributed by atoms with E-state index < -0.39 is 0 Å². The Morgan fingerprint density at radius 2 is 2.17 bits per heavy atom. The molecule has 0 amide bonds. The van der Waals surface area contributed by atoms with Crippen LogP contribution >= 0.6 is 0 Å². The normalized spacial score (nSPS) is 20.3. The summed E-state index contributed by atoms with van der Waals surface area (Å²) in [5.74, 6) is 1.70. The Labute approximate surface area is 110 Å². The maximum atomic E-state index is 5.72. The average Bonchev–Trinajstić information content (AvgIpc) is 2.38. The molecule has 1 aromatic rings. The Kier molecular flexibility index (Phi) is 4.61. The van der Waals surface area contributed by atoms with E-state index in [9.17, 15) is 0 Å². The van der Waals surface area contributed by atoms with Gasteiger partial charge in [0.25, 0.3) is 0 Å². The smallest absolute Gasteiger partial charge is 0.122 e. The Morgan fingerprint density at radius 1 is 1.39 bits per heavy atom. The van der Waals surface area contributed by atoms with Gasteiger partial charge < -0.3 is 15.0 Å². The first kappa shape index (κ1) is 13.4. The molecule has 100 valence electrons. The van der Waals surface area contributed by atoms with Crippen molar-refractivity contribution in [3.05, 3.63) is 29.8 Å². The van der Waals surface area contributed by atoms with Crippen LogP contribution < -0.4 is 10.1 Å². The summed E-state index contributed by atoms with van der Waals surface area (Å²) < 4.78 is 5.72. The van der Waals surface area contributed by atoms with E-state index in [2.05, 4.69) is 55.6 Å². The summed E-state index contributed by atoms with van der Waals surface area (Å²) in [6, 6.07) is 9.00. The maximum Gasteiger partial charge on any atom is 0.122 e. The second kappa shape index (κ2) is 6.21. The Bertz CT molecular complexity index is 379. The zero-order valence-electron chi connectivity index (χ0n) is 11.6. The lowest BCUT2D eigenvalue weighted by Gasteiger charge is -2.30. The lowest BCUT2D eigenvalue weighted by molar-refractivity contribution is 0.247. The minimum atomic E-state index is 0.538. The summed E-state index contributed by atoms with van der Waals surface area (Å²) in [5.41, 5.74) is 1.38. The third-order valence-electron chi connectivity index (χ3n) is 3.65. The minimum absolute atomic E-state index is 0.538. The highest BCUT2D eigenvalue weighted by Gasteiger charge is 2.23. The number of nitrogens with zero attached hydrogens (tertiary/aromatic N) is 1. The topological polar surface area (TPSA) is 24.5 Å². The molecule has 1 aliphatic heterocycles. The molecule has 0 bridgehead atoms. The van der Waals surface area contributed by atoms with Crippen LogP contribution in [0.2, 0.25) is 0 Å². The molecule has 1 aromatic carbocycles. The summed E-state index contributed by atoms with van der Waals surface area (Å²) in [6.07, 6.45) is 2.30. The fraction of sp³-hybridized carbons (Fsp3) is 0.600. The number of rotatable bonds is 5. The van der Waals surface area contributed by atoms with E-state index in [-0.39, 0.29) is 0 Å². The van der Waals surface area contributed by atoms with Crippen LogP contribution in [0.15, 0.2) is 24.3 Å². The van der Waals surface area contributed by atoms with Crippen molar-refractivity contribution in [1.29, 1.82) is 0 Å². The number of fused-ring (bicyclic) bond motifs is 1. The molecule has 0 saturated heterocycles. The molecule has 0 aromatic heterocycles. The minimum Gasteiger partial charge on any atom is -0.493 e. The molecule has 18 heavy (non-hydrogen) atoms. The number of benzene rings is 1. The number of likely N-dealkylation sites (N-methyl/N-ethyl adjacent to an activating group) is 2. The van der Waals surface area contributed by atoms with Crippen molar-refractivity contribution in [2.75, 3.05) is 34.3 Å². The second-order valence-corrected chi connectivity index (χ2v) is 5.36. The van der Waals surface area contributed by atoms with E-state index in [1.807, 2.05) is 0 Å². The first-order valence-electron chi connectivity index (χ1n) is 6.74. The van der Waals surface area contributed by atoms with Crippen LogP contribution in [0.5, 0.6) is 5.75 Å². The highest BCUT2D eigenvalue weighted by Crippen LogP contribution is 2.36. The zero-order valence-corrected chi connectivity index (χ0v) is 11.6. The molecule has 1 N–H and O–H groups in total. The zero-order chi connectivity index (χ0) is 13.0. The molecule has 1 aliphatic rings. The first-order chi connectivity index (χ1) is 8.70. The van der Waals surface area contributed by atoms with Gasteiger partial charge in [0.15, 0.2) is 0 Å². The molecule has 3 heteroatoms. The van der Waals surface area contributed by atoms with Crippen LogP contribution in [-0.2, 0) is 0 Å². The van der Waals surface area contributed by atoms with E-state index in [4.69, 9.17) is 4.74 Å². The lowest BCUT2D eigenvalue weighted by Crippen LogP contribution is -2.37. The molecule has 2 atom stereocenters. The van der Waals surface area contributed by atoms with Crippen LogP contribution in [0.4, 0.5) is 0 Å². The van der Waals surface area contributed by atoms with Gasteiger partial charge in [-0.2, -0.15) is 0 Å². The van der Waals surface area contributed by atoms with Crippen molar-refractivity contribution >= 4 is 0 Å². The Balaban J connectivity index is 2.06. The first-order valence-corrected chi connectivity index (χ1v) is 6.74. The van der Waals surface area contributed by atoms with Crippen LogP contribution in [0.3, 0.4) is 0 Å². The van der Waals surface area contributed by atoms with Crippen LogP contribution in [0, 0.1) is 0 Å². The van der Waals surface area contributed by atoms with E-state index in [0.29, 0.717) is 12.0 Å². The van der Waals surface area contributed by atoms with Crippen LogP contribution in [-0.4, -0.2) is 45.2 Å². The predicted octanol–water partition coefficient (Wildman–Crippen LogP) is 2.09. The van der Waals surface area contributed by atoms with Crippen molar-refractivity contribution in [2.45, 2.75) is 24.8 Å². The maximum absolute atomic E-state index is 5.72. The molecule has 0 radical (unpaired) electrons. The van der Waals surface area contributed by atoms with Gasteiger partial charge in [0.2, 0.25) is 0 Å². The molecule has 0 fully saturated rings. The van der Waals surface area contributed by atoms with Gasteiger partial charge in [-0.15, -0.1) is 0 Å².